The van der Waals surface area contributed by atoms with E-state index in [1.54, 1.807) is 6.07 Å². The predicted octanol–water partition coefficient (Wildman–Crippen LogP) is 6.14. The fourth-order valence-corrected chi connectivity index (χ4v) is 4.83. The number of aromatic amines is 1. The second-order valence-electron chi connectivity index (χ2n) is 8.88. The van der Waals surface area contributed by atoms with Crippen molar-refractivity contribution < 1.29 is 9.18 Å². The number of rotatable bonds is 3. The van der Waals surface area contributed by atoms with Gasteiger partial charge in [-0.1, -0.05) is 36.4 Å². The summed E-state index contributed by atoms with van der Waals surface area (Å²) in [6.45, 7) is 6.90. The summed E-state index contributed by atoms with van der Waals surface area (Å²) in [6, 6.07) is 18.0. The molecule has 1 atom stereocenters. The maximum atomic E-state index is 13.9. The molecule has 0 radical (unpaired) electrons. The fourth-order valence-electron chi connectivity index (χ4n) is 4.83. The number of aromatic nitrogens is 2. The Morgan fingerprint density at radius 3 is 2.72 bits per heavy atom. The molecule has 1 N–H and O–H groups in total. The summed E-state index contributed by atoms with van der Waals surface area (Å²) in [4.78, 5) is 24.2. The van der Waals surface area contributed by atoms with Gasteiger partial charge < -0.3 is 9.88 Å². The van der Waals surface area contributed by atoms with Gasteiger partial charge in [-0.3, -0.25) is 4.79 Å². The van der Waals surface area contributed by atoms with Crippen LogP contribution in [0.3, 0.4) is 0 Å². The Kier molecular flexibility index (Phi) is 4.85. The molecule has 0 aliphatic carbocycles. The van der Waals surface area contributed by atoms with Gasteiger partial charge in [0.25, 0.3) is 5.91 Å². The number of carbonyl (C=O) groups is 1. The summed E-state index contributed by atoms with van der Waals surface area (Å²) in [5.41, 5.74) is 5.78. The van der Waals surface area contributed by atoms with Crippen molar-refractivity contribution in [2.75, 3.05) is 6.54 Å². The average molecular weight is 428 g/mol. The number of hydrogen-bond donors (Lipinski definition) is 1. The molecule has 1 unspecified atom stereocenters. The molecule has 1 aromatic heterocycles. The first kappa shape index (κ1) is 20.4. The molecule has 1 saturated heterocycles. The summed E-state index contributed by atoms with van der Waals surface area (Å²) in [6.07, 6.45) is 1.73. The SMILES string of the molecule is Cc1ccc2[nH]c(C3(C)CCCN3C(=O)c3ccccc3-c3cccc(F)c3)nc2c1C. The number of nitrogens with one attached hydrogen (secondary N) is 1. The number of hydrogen-bond acceptors (Lipinski definition) is 2. The van der Waals surface area contributed by atoms with Gasteiger partial charge in [0.2, 0.25) is 0 Å². The zero-order valence-electron chi connectivity index (χ0n) is 18.6. The van der Waals surface area contributed by atoms with Gasteiger partial charge in [-0.25, -0.2) is 9.37 Å². The molecule has 0 bridgehead atoms. The fraction of sp³-hybridized carbons (Fsp3) is 0.259. The largest absolute Gasteiger partial charge is 0.340 e. The molecule has 5 heteroatoms. The Bertz CT molecular complexity index is 1340. The van der Waals surface area contributed by atoms with Crippen molar-refractivity contribution in [3.05, 3.63) is 89.0 Å². The lowest BCUT2D eigenvalue weighted by Crippen LogP contribution is -2.43. The van der Waals surface area contributed by atoms with Crippen molar-refractivity contribution >= 4 is 16.9 Å². The monoisotopic (exact) mass is 427 g/mol. The summed E-state index contributed by atoms with van der Waals surface area (Å²) < 4.78 is 13.9. The number of aryl methyl sites for hydroxylation is 2. The van der Waals surface area contributed by atoms with Gasteiger partial charge in [-0.2, -0.15) is 0 Å². The highest BCUT2D eigenvalue weighted by atomic mass is 19.1. The van der Waals surface area contributed by atoms with Crippen molar-refractivity contribution in [3.8, 4) is 11.1 Å². The van der Waals surface area contributed by atoms with Crippen LogP contribution < -0.4 is 0 Å². The number of likely N-dealkylation sites (tertiary alicyclic amines) is 1. The molecule has 4 nitrogen and oxygen atoms in total. The van der Waals surface area contributed by atoms with Crippen molar-refractivity contribution in [1.82, 2.24) is 14.9 Å². The lowest BCUT2D eigenvalue weighted by Gasteiger charge is -2.34. The third-order valence-corrected chi connectivity index (χ3v) is 6.87. The van der Waals surface area contributed by atoms with Crippen LogP contribution in [-0.2, 0) is 5.54 Å². The Balaban J connectivity index is 1.57. The van der Waals surface area contributed by atoms with E-state index in [-0.39, 0.29) is 11.7 Å². The average Bonchev–Trinajstić information content (AvgIpc) is 3.41. The first-order chi connectivity index (χ1) is 15.4. The van der Waals surface area contributed by atoms with E-state index in [1.165, 1.54) is 17.7 Å². The molecule has 0 saturated carbocycles. The lowest BCUT2D eigenvalue weighted by atomic mass is 9.95. The smallest absolute Gasteiger partial charge is 0.255 e. The van der Waals surface area contributed by atoms with Crippen LogP contribution in [0.25, 0.3) is 22.2 Å². The molecule has 2 heterocycles. The molecule has 1 fully saturated rings. The molecule has 3 aromatic carbocycles. The molecular formula is C27H26FN3O. The summed E-state index contributed by atoms with van der Waals surface area (Å²) >= 11 is 0. The van der Waals surface area contributed by atoms with Crippen LogP contribution >= 0.6 is 0 Å². The van der Waals surface area contributed by atoms with E-state index >= 15 is 0 Å². The van der Waals surface area contributed by atoms with Gasteiger partial charge in [0, 0.05) is 12.1 Å². The van der Waals surface area contributed by atoms with E-state index in [9.17, 15) is 9.18 Å². The van der Waals surface area contributed by atoms with Crippen LogP contribution in [0.4, 0.5) is 4.39 Å². The second kappa shape index (κ2) is 7.59. The van der Waals surface area contributed by atoms with Crippen LogP contribution in [-0.4, -0.2) is 27.3 Å². The third-order valence-electron chi connectivity index (χ3n) is 6.87. The summed E-state index contributed by atoms with van der Waals surface area (Å²) in [7, 11) is 0. The van der Waals surface area contributed by atoms with Gasteiger partial charge in [-0.15, -0.1) is 0 Å². The van der Waals surface area contributed by atoms with E-state index < -0.39 is 5.54 Å². The maximum absolute atomic E-state index is 13.9. The van der Waals surface area contributed by atoms with Gasteiger partial charge in [0.1, 0.15) is 11.6 Å². The van der Waals surface area contributed by atoms with E-state index in [1.807, 2.05) is 35.2 Å². The predicted molar refractivity (Wildman–Crippen MR) is 125 cm³/mol. The van der Waals surface area contributed by atoms with Gasteiger partial charge in [0.15, 0.2) is 0 Å². The molecule has 162 valence electrons. The Labute approximate surface area is 187 Å². The number of H-pyrrole nitrogens is 1. The maximum Gasteiger partial charge on any atom is 0.255 e. The Morgan fingerprint density at radius 2 is 1.91 bits per heavy atom. The first-order valence-corrected chi connectivity index (χ1v) is 11.0. The van der Waals surface area contributed by atoms with Crippen LogP contribution in [0, 0.1) is 19.7 Å². The van der Waals surface area contributed by atoms with Gasteiger partial charge in [-0.05, 0) is 80.1 Å². The second-order valence-corrected chi connectivity index (χ2v) is 8.88. The number of carbonyl (C=O) groups excluding carboxylic acids is 1. The number of imidazole rings is 1. The van der Waals surface area contributed by atoms with Gasteiger partial charge in [0.05, 0.1) is 16.6 Å². The Morgan fingerprint density at radius 1 is 1.09 bits per heavy atom. The summed E-state index contributed by atoms with van der Waals surface area (Å²) in [5, 5.41) is 0. The molecule has 4 aromatic rings. The zero-order valence-corrected chi connectivity index (χ0v) is 18.6. The third kappa shape index (κ3) is 3.20. The number of benzene rings is 3. The quantitative estimate of drug-likeness (QED) is 0.427. The molecule has 1 amide bonds. The highest BCUT2D eigenvalue weighted by molar-refractivity contribution is 6.01. The molecule has 1 aliphatic heterocycles. The number of amides is 1. The molecule has 1 aliphatic rings. The number of halogens is 1. The van der Waals surface area contributed by atoms with Crippen molar-refractivity contribution in [2.45, 2.75) is 39.2 Å². The summed E-state index contributed by atoms with van der Waals surface area (Å²) in [5.74, 6) is 0.442. The molecule has 32 heavy (non-hydrogen) atoms. The van der Waals surface area contributed by atoms with Gasteiger partial charge >= 0.3 is 0 Å². The van der Waals surface area contributed by atoms with Crippen LogP contribution in [0.15, 0.2) is 60.7 Å². The minimum absolute atomic E-state index is 0.0572. The number of nitrogens with zero attached hydrogens (tertiary/aromatic N) is 2. The highest BCUT2D eigenvalue weighted by Gasteiger charge is 2.44. The molecule has 0 spiro atoms. The van der Waals surface area contributed by atoms with Crippen molar-refractivity contribution in [1.29, 1.82) is 0 Å². The van der Waals surface area contributed by atoms with E-state index in [0.29, 0.717) is 17.7 Å². The first-order valence-electron chi connectivity index (χ1n) is 11.0. The normalized spacial score (nSPS) is 18.4. The zero-order chi connectivity index (χ0) is 22.5. The minimum atomic E-state index is -0.536. The Hall–Kier alpha value is -3.47. The molecular weight excluding hydrogens is 401 g/mol. The number of fused-ring (bicyclic) bond motifs is 1. The van der Waals surface area contributed by atoms with Crippen LogP contribution in [0.5, 0.6) is 0 Å². The van der Waals surface area contributed by atoms with E-state index in [2.05, 4.69) is 37.9 Å². The minimum Gasteiger partial charge on any atom is -0.340 e. The molecule has 5 rings (SSSR count). The van der Waals surface area contributed by atoms with Crippen molar-refractivity contribution in [2.24, 2.45) is 0 Å². The van der Waals surface area contributed by atoms with E-state index in [0.717, 1.165) is 40.8 Å². The highest BCUT2D eigenvalue weighted by Crippen LogP contribution is 2.40. The lowest BCUT2D eigenvalue weighted by molar-refractivity contribution is 0.0607. The van der Waals surface area contributed by atoms with Crippen LogP contribution in [0.1, 0.15) is 47.1 Å². The van der Waals surface area contributed by atoms with E-state index in [4.69, 9.17) is 4.98 Å². The van der Waals surface area contributed by atoms with Crippen LogP contribution in [0.2, 0.25) is 0 Å². The van der Waals surface area contributed by atoms with Crippen molar-refractivity contribution in [3.63, 3.8) is 0 Å². The standard InChI is InChI=1S/C27H26FN3O/c1-17-12-13-23-24(18(17)2)30-26(29-23)27(3)14-7-15-31(27)25(32)22-11-5-4-10-21(22)19-8-6-9-20(28)16-19/h4-6,8-13,16H,7,14-15H2,1-3H3,(H,29,30). The topological polar surface area (TPSA) is 49.0 Å².